The van der Waals surface area contributed by atoms with Crippen molar-refractivity contribution >= 4 is 0 Å². The van der Waals surface area contributed by atoms with Crippen LogP contribution in [0.25, 0.3) is 0 Å². The average Bonchev–Trinajstić information content (AvgIpc) is 3.06. The average molecular weight is 230 g/mol. The minimum atomic E-state index is 0.527. The van der Waals surface area contributed by atoms with E-state index in [0.717, 1.165) is 18.4 Å². The lowest BCUT2D eigenvalue weighted by molar-refractivity contribution is 0.191. The third-order valence-corrected chi connectivity index (χ3v) is 4.23. The van der Waals surface area contributed by atoms with Crippen LogP contribution in [-0.2, 0) is 0 Å². The normalized spacial score (nSPS) is 33.6. The molecule has 1 saturated heterocycles. The highest BCUT2D eigenvalue weighted by molar-refractivity contribution is 5.19. The second-order valence-electron chi connectivity index (χ2n) is 5.65. The molecule has 1 aliphatic carbocycles. The molecule has 3 atom stereocenters. The Morgan fingerprint density at radius 3 is 2.76 bits per heavy atom. The summed E-state index contributed by atoms with van der Waals surface area (Å²) in [5.41, 5.74) is 1.43. The predicted molar refractivity (Wildman–Crippen MR) is 70.9 cm³/mol. The van der Waals surface area contributed by atoms with Gasteiger partial charge in [-0.1, -0.05) is 37.3 Å². The number of rotatable bonds is 3. The van der Waals surface area contributed by atoms with Gasteiger partial charge >= 0.3 is 0 Å². The third kappa shape index (κ3) is 2.70. The third-order valence-electron chi connectivity index (χ3n) is 4.23. The Morgan fingerprint density at radius 1 is 1.29 bits per heavy atom. The van der Waals surface area contributed by atoms with Crippen molar-refractivity contribution in [1.29, 1.82) is 0 Å². The van der Waals surface area contributed by atoms with Crippen molar-refractivity contribution < 1.29 is 0 Å². The first-order chi connectivity index (χ1) is 8.33. The molecule has 2 heteroatoms. The van der Waals surface area contributed by atoms with E-state index in [1.54, 1.807) is 0 Å². The van der Waals surface area contributed by atoms with Gasteiger partial charge in [-0.25, -0.2) is 0 Å². The standard InChI is InChI=1S/C15H22N2/c1-12-9-14(12)10-17-8-7-16-15(11-17)13-5-3-2-4-6-13/h2-6,12,14-16H,7-11H2,1H3. The SMILES string of the molecule is CC1CC1CN1CCNC(c2ccccc2)C1. The van der Waals surface area contributed by atoms with Crippen LogP contribution < -0.4 is 5.32 Å². The van der Waals surface area contributed by atoms with E-state index in [1.807, 2.05) is 0 Å². The molecule has 2 aliphatic rings. The summed E-state index contributed by atoms with van der Waals surface area (Å²) >= 11 is 0. The van der Waals surface area contributed by atoms with Crippen LogP contribution in [0.15, 0.2) is 30.3 Å². The first-order valence-corrected chi connectivity index (χ1v) is 6.83. The largest absolute Gasteiger partial charge is 0.308 e. The molecule has 2 fully saturated rings. The van der Waals surface area contributed by atoms with Crippen LogP contribution in [0.1, 0.15) is 24.9 Å². The van der Waals surface area contributed by atoms with E-state index in [4.69, 9.17) is 0 Å². The van der Waals surface area contributed by atoms with Gasteiger partial charge in [-0.3, -0.25) is 4.90 Å². The molecule has 3 rings (SSSR count). The number of benzene rings is 1. The Bertz CT molecular complexity index is 362. The van der Waals surface area contributed by atoms with Gasteiger partial charge in [0.1, 0.15) is 0 Å². The van der Waals surface area contributed by atoms with Crippen molar-refractivity contribution in [2.45, 2.75) is 19.4 Å². The lowest BCUT2D eigenvalue weighted by Gasteiger charge is -2.34. The zero-order valence-electron chi connectivity index (χ0n) is 10.6. The van der Waals surface area contributed by atoms with E-state index >= 15 is 0 Å². The Morgan fingerprint density at radius 2 is 2.06 bits per heavy atom. The lowest BCUT2D eigenvalue weighted by Crippen LogP contribution is -2.46. The van der Waals surface area contributed by atoms with Crippen LogP contribution in [-0.4, -0.2) is 31.1 Å². The molecular weight excluding hydrogens is 208 g/mol. The Labute approximate surface area is 104 Å². The highest BCUT2D eigenvalue weighted by atomic mass is 15.2. The Balaban J connectivity index is 1.59. The van der Waals surface area contributed by atoms with Crippen molar-refractivity contribution in [3.05, 3.63) is 35.9 Å². The number of piperazine rings is 1. The Hall–Kier alpha value is -0.860. The second kappa shape index (κ2) is 4.79. The molecule has 1 heterocycles. The molecule has 2 nitrogen and oxygen atoms in total. The summed E-state index contributed by atoms with van der Waals surface area (Å²) in [4.78, 5) is 2.64. The molecule has 1 saturated carbocycles. The minimum Gasteiger partial charge on any atom is -0.308 e. The number of nitrogens with one attached hydrogen (secondary N) is 1. The zero-order chi connectivity index (χ0) is 11.7. The molecule has 0 radical (unpaired) electrons. The first kappa shape index (κ1) is 11.2. The van der Waals surface area contributed by atoms with Gasteiger partial charge < -0.3 is 5.32 Å². The van der Waals surface area contributed by atoms with Gasteiger partial charge in [0, 0.05) is 32.2 Å². The van der Waals surface area contributed by atoms with E-state index in [2.05, 4.69) is 47.5 Å². The lowest BCUT2D eigenvalue weighted by atomic mass is 10.0. The van der Waals surface area contributed by atoms with Crippen LogP contribution in [0, 0.1) is 11.8 Å². The molecule has 92 valence electrons. The van der Waals surface area contributed by atoms with Crippen molar-refractivity contribution in [1.82, 2.24) is 10.2 Å². The predicted octanol–water partition coefficient (Wildman–Crippen LogP) is 2.29. The van der Waals surface area contributed by atoms with Crippen molar-refractivity contribution in [3.63, 3.8) is 0 Å². The molecule has 1 N–H and O–H groups in total. The highest BCUT2D eigenvalue weighted by Gasteiger charge is 2.34. The quantitative estimate of drug-likeness (QED) is 0.857. The molecule has 3 unspecified atom stereocenters. The maximum absolute atomic E-state index is 3.63. The van der Waals surface area contributed by atoms with Crippen LogP contribution in [0.2, 0.25) is 0 Å². The van der Waals surface area contributed by atoms with Gasteiger partial charge in [-0.2, -0.15) is 0 Å². The molecule has 1 aromatic carbocycles. The molecule has 17 heavy (non-hydrogen) atoms. The van der Waals surface area contributed by atoms with Gasteiger partial charge in [-0.05, 0) is 23.8 Å². The van der Waals surface area contributed by atoms with Crippen LogP contribution in [0.5, 0.6) is 0 Å². The van der Waals surface area contributed by atoms with Gasteiger partial charge in [0.15, 0.2) is 0 Å². The molecule has 0 amide bonds. The van der Waals surface area contributed by atoms with Crippen molar-refractivity contribution in [3.8, 4) is 0 Å². The molecular formula is C15H22N2. The maximum atomic E-state index is 3.63. The van der Waals surface area contributed by atoms with Crippen LogP contribution >= 0.6 is 0 Å². The number of nitrogens with zero attached hydrogens (tertiary/aromatic N) is 1. The van der Waals surface area contributed by atoms with Crippen molar-refractivity contribution in [2.75, 3.05) is 26.2 Å². The number of hydrogen-bond acceptors (Lipinski definition) is 2. The zero-order valence-corrected chi connectivity index (χ0v) is 10.6. The molecule has 0 bridgehead atoms. The van der Waals surface area contributed by atoms with Gasteiger partial charge in [0.2, 0.25) is 0 Å². The summed E-state index contributed by atoms with van der Waals surface area (Å²) in [6, 6.07) is 11.4. The summed E-state index contributed by atoms with van der Waals surface area (Å²) in [6.45, 7) is 7.20. The smallest absolute Gasteiger partial charge is 0.0449 e. The fourth-order valence-electron chi connectivity index (χ4n) is 2.87. The maximum Gasteiger partial charge on any atom is 0.0449 e. The van der Waals surface area contributed by atoms with Crippen LogP contribution in [0.3, 0.4) is 0 Å². The first-order valence-electron chi connectivity index (χ1n) is 6.83. The molecule has 0 spiro atoms. The summed E-state index contributed by atoms with van der Waals surface area (Å²) in [7, 11) is 0. The Kier molecular flexibility index (Phi) is 3.17. The summed E-state index contributed by atoms with van der Waals surface area (Å²) in [5.74, 6) is 1.95. The molecule has 1 aromatic rings. The van der Waals surface area contributed by atoms with E-state index < -0.39 is 0 Å². The van der Waals surface area contributed by atoms with Gasteiger partial charge in [-0.15, -0.1) is 0 Å². The van der Waals surface area contributed by atoms with E-state index in [9.17, 15) is 0 Å². The van der Waals surface area contributed by atoms with E-state index in [-0.39, 0.29) is 0 Å². The topological polar surface area (TPSA) is 15.3 Å². The monoisotopic (exact) mass is 230 g/mol. The fraction of sp³-hybridized carbons (Fsp3) is 0.600. The minimum absolute atomic E-state index is 0.527. The summed E-state index contributed by atoms with van der Waals surface area (Å²) < 4.78 is 0. The van der Waals surface area contributed by atoms with Crippen molar-refractivity contribution in [2.24, 2.45) is 11.8 Å². The summed E-state index contributed by atoms with van der Waals surface area (Å²) in [6.07, 6.45) is 1.44. The highest BCUT2D eigenvalue weighted by Crippen LogP contribution is 2.38. The van der Waals surface area contributed by atoms with Gasteiger partial charge in [0.25, 0.3) is 0 Å². The fourth-order valence-corrected chi connectivity index (χ4v) is 2.87. The second-order valence-corrected chi connectivity index (χ2v) is 5.65. The van der Waals surface area contributed by atoms with Gasteiger partial charge in [0.05, 0.1) is 0 Å². The molecule has 1 aliphatic heterocycles. The summed E-state index contributed by atoms with van der Waals surface area (Å²) in [5, 5.41) is 3.63. The van der Waals surface area contributed by atoms with E-state index in [1.165, 1.54) is 31.6 Å². The number of hydrogen-bond donors (Lipinski definition) is 1. The van der Waals surface area contributed by atoms with Crippen LogP contribution in [0.4, 0.5) is 0 Å². The van der Waals surface area contributed by atoms with E-state index in [0.29, 0.717) is 6.04 Å². The molecule has 0 aromatic heterocycles.